The fourth-order valence-electron chi connectivity index (χ4n) is 1.56. The summed E-state index contributed by atoms with van der Waals surface area (Å²) in [5.74, 6) is 0.225. The molecule has 1 N–H and O–H groups in total. The maximum atomic E-state index is 9.18. The van der Waals surface area contributed by atoms with Crippen molar-refractivity contribution in [2.75, 3.05) is 19.0 Å². The summed E-state index contributed by atoms with van der Waals surface area (Å²) >= 11 is 0. The molecule has 18 heavy (non-hydrogen) atoms. The minimum atomic E-state index is 0.225. The molecule has 2 rings (SSSR count). The van der Waals surface area contributed by atoms with E-state index >= 15 is 0 Å². The SMILES string of the molecule is CN(C)c1ccccc1N=Nc1ccc(O)cc1. The lowest BCUT2D eigenvalue weighted by Gasteiger charge is -2.13. The first-order chi connectivity index (χ1) is 8.66. The Hall–Kier alpha value is -2.36. The van der Waals surface area contributed by atoms with Gasteiger partial charge in [-0.15, -0.1) is 5.11 Å². The van der Waals surface area contributed by atoms with Crippen molar-refractivity contribution in [3.63, 3.8) is 0 Å². The summed E-state index contributed by atoms with van der Waals surface area (Å²) < 4.78 is 0. The van der Waals surface area contributed by atoms with E-state index in [0.29, 0.717) is 5.69 Å². The molecule has 0 saturated carbocycles. The molecular weight excluding hydrogens is 226 g/mol. The Morgan fingerprint density at radius 2 is 1.56 bits per heavy atom. The topological polar surface area (TPSA) is 48.2 Å². The molecule has 0 aliphatic carbocycles. The molecule has 2 aromatic rings. The smallest absolute Gasteiger partial charge is 0.115 e. The predicted octanol–water partition coefficient (Wildman–Crippen LogP) is 3.87. The Balaban J connectivity index is 2.26. The molecule has 0 aliphatic heterocycles. The van der Waals surface area contributed by atoms with Crippen LogP contribution in [-0.2, 0) is 0 Å². The molecule has 0 unspecified atom stereocenters. The number of para-hydroxylation sites is 1. The van der Waals surface area contributed by atoms with E-state index in [2.05, 4.69) is 10.2 Å². The van der Waals surface area contributed by atoms with E-state index in [1.54, 1.807) is 24.3 Å². The van der Waals surface area contributed by atoms with Crippen LogP contribution < -0.4 is 4.90 Å². The molecule has 0 bridgehead atoms. The van der Waals surface area contributed by atoms with Crippen molar-refractivity contribution in [3.05, 3.63) is 48.5 Å². The molecule has 0 radical (unpaired) electrons. The van der Waals surface area contributed by atoms with Crippen molar-refractivity contribution in [3.8, 4) is 5.75 Å². The minimum Gasteiger partial charge on any atom is -0.508 e. The number of phenols is 1. The number of rotatable bonds is 3. The van der Waals surface area contributed by atoms with Gasteiger partial charge in [0.05, 0.1) is 11.4 Å². The molecular formula is C14H15N3O. The lowest BCUT2D eigenvalue weighted by Crippen LogP contribution is -2.08. The van der Waals surface area contributed by atoms with Crippen molar-refractivity contribution < 1.29 is 5.11 Å². The first-order valence-corrected chi connectivity index (χ1v) is 5.64. The molecule has 4 heteroatoms. The van der Waals surface area contributed by atoms with Gasteiger partial charge >= 0.3 is 0 Å². The lowest BCUT2D eigenvalue weighted by atomic mass is 10.2. The molecule has 0 aromatic heterocycles. The van der Waals surface area contributed by atoms with Gasteiger partial charge in [-0.1, -0.05) is 12.1 Å². The average Bonchev–Trinajstić information content (AvgIpc) is 2.38. The van der Waals surface area contributed by atoms with Gasteiger partial charge in [0.25, 0.3) is 0 Å². The van der Waals surface area contributed by atoms with Crippen LogP contribution in [0.4, 0.5) is 17.1 Å². The van der Waals surface area contributed by atoms with E-state index in [9.17, 15) is 5.11 Å². The molecule has 0 amide bonds. The summed E-state index contributed by atoms with van der Waals surface area (Å²) in [6.45, 7) is 0. The second kappa shape index (κ2) is 5.31. The largest absolute Gasteiger partial charge is 0.508 e. The van der Waals surface area contributed by atoms with Gasteiger partial charge in [0.1, 0.15) is 11.4 Å². The number of phenolic OH excluding ortho intramolecular Hbond substituents is 1. The van der Waals surface area contributed by atoms with E-state index in [1.807, 2.05) is 43.3 Å². The van der Waals surface area contributed by atoms with E-state index in [-0.39, 0.29) is 5.75 Å². The molecule has 0 atom stereocenters. The third-order valence-electron chi connectivity index (χ3n) is 2.49. The van der Waals surface area contributed by atoms with Gasteiger partial charge in [-0.2, -0.15) is 5.11 Å². The van der Waals surface area contributed by atoms with Gasteiger partial charge in [0.2, 0.25) is 0 Å². The van der Waals surface area contributed by atoms with Crippen molar-refractivity contribution >= 4 is 17.1 Å². The van der Waals surface area contributed by atoms with E-state index in [1.165, 1.54) is 0 Å². The van der Waals surface area contributed by atoms with E-state index in [0.717, 1.165) is 11.4 Å². The van der Waals surface area contributed by atoms with Gasteiger partial charge in [0.15, 0.2) is 0 Å². The molecule has 92 valence electrons. The Labute approximate surface area is 106 Å². The Morgan fingerprint density at radius 3 is 2.22 bits per heavy atom. The van der Waals surface area contributed by atoms with Gasteiger partial charge in [-0.05, 0) is 36.4 Å². The number of nitrogens with zero attached hydrogens (tertiary/aromatic N) is 3. The molecule has 0 spiro atoms. The number of benzene rings is 2. The normalized spacial score (nSPS) is 10.8. The van der Waals surface area contributed by atoms with Gasteiger partial charge in [-0.25, -0.2) is 0 Å². The molecule has 0 saturated heterocycles. The zero-order chi connectivity index (χ0) is 13.0. The molecule has 0 fully saturated rings. The number of anilines is 1. The fourth-order valence-corrected chi connectivity index (χ4v) is 1.56. The van der Waals surface area contributed by atoms with Crippen molar-refractivity contribution in [1.29, 1.82) is 0 Å². The first kappa shape index (κ1) is 12.1. The van der Waals surface area contributed by atoms with Crippen LogP contribution >= 0.6 is 0 Å². The minimum absolute atomic E-state index is 0.225. The highest BCUT2D eigenvalue weighted by molar-refractivity contribution is 5.65. The standard InChI is InChI=1S/C14H15N3O/c1-17(2)14-6-4-3-5-13(14)16-15-11-7-9-12(18)10-8-11/h3-10,18H,1-2H3. The average molecular weight is 241 g/mol. The highest BCUT2D eigenvalue weighted by Crippen LogP contribution is 2.28. The summed E-state index contributed by atoms with van der Waals surface area (Å²) in [5.41, 5.74) is 2.54. The summed E-state index contributed by atoms with van der Waals surface area (Å²) in [4.78, 5) is 1.99. The monoisotopic (exact) mass is 241 g/mol. The van der Waals surface area contributed by atoms with Gasteiger partial charge in [-0.3, -0.25) is 0 Å². The van der Waals surface area contributed by atoms with E-state index in [4.69, 9.17) is 0 Å². The third kappa shape index (κ3) is 2.85. The zero-order valence-corrected chi connectivity index (χ0v) is 10.4. The summed E-state index contributed by atoms with van der Waals surface area (Å²) in [5, 5.41) is 17.6. The van der Waals surface area contributed by atoms with Crippen LogP contribution in [0.5, 0.6) is 5.75 Å². The maximum absolute atomic E-state index is 9.18. The van der Waals surface area contributed by atoms with E-state index < -0.39 is 0 Å². The summed E-state index contributed by atoms with van der Waals surface area (Å²) in [6, 6.07) is 14.4. The molecule has 2 aromatic carbocycles. The van der Waals surface area contributed by atoms with Crippen LogP contribution in [0, 0.1) is 0 Å². The second-order valence-corrected chi connectivity index (χ2v) is 4.10. The fraction of sp³-hybridized carbons (Fsp3) is 0.143. The zero-order valence-electron chi connectivity index (χ0n) is 10.4. The quantitative estimate of drug-likeness (QED) is 0.829. The van der Waals surface area contributed by atoms with Crippen molar-refractivity contribution in [2.24, 2.45) is 10.2 Å². The molecule has 0 heterocycles. The number of aromatic hydroxyl groups is 1. The van der Waals surface area contributed by atoms with Crippen LogP contribution in [-0.4, -0.2) is 19.2 Å². The predicted molar refractivity (Wildman–Crippen MR) is 73.1 cm³/mol. The molecule has 4 nitrogen and oxygen atoms in total. The lowest BCUT2D eigenvalue weighted by molar-refractivity contribution is 0.475. The summed E-state index contributed by atoms with van der Waals surface area (Å²) in [6.07, 6.45) is 0. The van der Waals surface area contributed by atoms with Gasteiger partial charge < -0.3 is 10.0 Å². The van der Waals surface area contributed by atoms with Crippen molar-refractivity contribution in [1.82, 2.24) is 0 Å². The van der Waals surface area contributed by atoms with Crippen LogP contribution in [0.15, 0.2) is 58.8 Å². The van der Waals surface area contributed by atoms with Gasteiger partial charge in [0, 0.05) is 14.1 Å². The highest BCUT2D eigenvalue weighted by atomic mass is 16.3. The maximum Gasteiger partial charge on any atom is 0.115 e. The van der Waals surface area contributed by atoms with Crippen LogP contribution in [0.1, 0.15) is 0 Å². The summed E-state index contributed by atoms with van der Waals surface area (Å²) in [7, 11) is 3.93. The van der Waals surface area contributed by atoms with Crippen LogP contribution in [0.25, 0.3) is 0 Å². The third-order valence-corrected chi connectivity index (χ3v) is 2.49. The highest BCUT2D eigenvalue weighted by Gasteiger charge is 2.01. The first-order valence-electron chi connectivity index (χ1n) is 5.64. The number of hydrogen-bond acceptors (Lipinski definition) is 4. The second-order valence-electron chi connectivity index (χ2n) is 4.10. The van der Waals surface area contributed by atoms with Crippen molar-refractivity contribution in [2.45, 2.75) is 0 Å². The Kier molecular flexibility index (Phi) is 3.57. The van der Waals surface area contributed by atoms with Crippen LogP contribution in [0.2, 0.25) is 0 Å². The number of hydrogen-bond donors (Lipinski definition) is 1. The Morgan fingerprint density at radius 1 is 0.889 bits per heavy atom. The number of azo groups is 1. The Bertz CT molecular complexity index is 547. The molecule has 0 aliphatic rings. The van der Waals surface area contributed by atoms with Crippen LogP contribution in [0.3, 0.4) is 0 Å².